The van der Waals surface area contributed by atoms with Crippen LogP contribution in [0.3, 0.4) is 0 Å². The first kappa shape index (κ1) is 27.8. The molecule has 0 radical (unpaired) electrons. The largest absolute Gasteiger partial charge is 0.494 e. The molecule has 1 aliphatic rings. The Morgan fingerprint density at radius 2 is 1.53 bits per heavy atom. The fourth-order valence-corrected chi connectivity index (χ4v) is 6.63. The molecule has 0 aromatic heterocycles. The van der Waals surface area contributed by atoms with Gasteiger partial charge in [0.25, 0.3) is 0 Å². The van der Waals surface area contributed by atoms with Gasteiger partial charge in [0.1, 0.15) is 24.1 Å². The summed E-state index contributed by atoms with van der Waals surface area (Å²) in [6.45, 7) is 5.17. The van der Waals surface area contributed by atoms with Gasteiger partial charge in [-0.1, -0.05) is 0 Å². The van der Waals surface area contributed by atoms with Crippen LogP contribution in [0.25, 0.3) is 0 Å². The van der Waals surface area contributed by atoms with Gasteiger partial charge in [-0.05, 0) is 75.2 Å². The number of benzene rings is 2. The van der Waals surface area contributed by atoms with E-state index in [0.29, 0.717) is 36.9 Å². The molecule has 1 saturated heterocycles. The molecule has 1 amide bonds. The summed E-state index contributed by atoms with van der Waals surface area (Å²) >= 11 is 0. The lowest BCUT2D eigenvalue weighted by atomic mass is 10.2. The van der Waals surface area contributed by atoms with Crippen molar-refractivity contribution < 1.29 is 31.1 Å². The van der Waals surface area contributed by atoms with Crippen LogP contribution in [0.4, 0.5) is 5.69 Å². The first-order valence-electron chi connectivity index (χ1n) is 11.8. The molecule has 36 heavy (non-hydrogen) atoms. The van der Waals surface area contributed by atoms with E-state index in [1.165, 1.54) is 23.4 Å². The van der Waals surface area contributed by atoms with Crippen LogP contribution in [0, 0.1) is 0 Å². The zero-order chi connectivity index (χ0) is 26.3. The molecule has 10 nitrogen and oxygen atoms in total. The molecule has 0 bridgehead atoms. The number of nitrogens with one attached hydrogen (secondary N) is 1. The molecule has 3 rings (SSSR count). The van der Waals surface area contributed by atoms with Crippen molar-refractivity contribution in [2.24, 2.45) is 0 Å². The smallest absolute Gasteiger partial charge is 0.243 e. The van der Waals surface area contributed by atoms with Crippen molar-refractivity contribution in [2.45, 2.75) is 37.6 Å². The average Bonchev–Trinajstić information content (AvgIpc) is 3.39. The molecule has 0 saturated carbocycles. The fourth-order valence-electron chi connectivity index (χ4n) is 3.94. The molecule has 0 aliphatic carbocycles. The van der Waals surface area contributed by atoms with E-state index in [9.17, 15) is 21.6 Å². The van der Waals surface area contributed by atoms with Gasteiger partial charge in [-0.25, -0.2) is 16.8 Å². The van der Waals surface area contributed by atoms with E-state index in [0.717, 1.165) is 23.4 Å². The molecule has 1 aliphatic heterocycles. The second-order valence-electron chi connectivity index (χ2n) is 8.38. The molecule has 1 fully saturated rings. The molecule has 1 N–H and O–H groups in total. The maximum Gasteiger partial charge on any atom is 0.243 e. The Morgan fingerprint density at radius 3 is 2.08 bits per heavy atom. The van der Waals surface area contributed by atoms with Crippen molar-refractivity contribution in [3.8, 4) is 11.5 Å². The van der Waals surface area contributed by atoms with E-state index in [4.69, 9.17) is 9.47 Å². The van der Waals surface area contributed by atoms with Crippen molar-refractivity contribution >= 4 is 31.6 Å². The number of carbonyl (C=O) groups is 1. The monoisotopic (exact) mass is 539 g/mol. The molecule has 1 heterocycles. The number of hydrogen-bond acceptors (Lipinski definition) is 7. The normalized spacial score (nSPS) is 15.3. The molecule has 0 spiro atoms. The Balaban J connectivity index is 1.54. The third-order valence-corrected chi connectivity index (χ3v) is 8.84. The van der Waals surface area contributed by atoms with Crippen LogP contribution in [0.15, 0.2) is 53.4 Å². The van der Waals surface area contributed by atoms with Gasteiger partial charge < -0.3 is 14.8 Å². The predicted octanol–water partition coefficient (Wildman–Crippen LogP) is 2.22. The lowest BCUT2D eigenvalue weighted by Crippen LogP contribution is -2.48. The van der Waals surface area contributed by atoms with Gasteiger partial charge in [-0.2, -0.15) is 4.31 Å². The van der Waals surface area contributed by atoms with Crippen LogP contribution in [0.2, 0.25) is 0 Å². The van der Waals surface area contributed by atoms with Crippen molar-refractivity contribution in [3.05, 3.63) is 48.5 Å². The van der Waals surface area contributed by atoms with E-state index in [-0.39, 0.29) is 18.0 Å². The second-order valence-corrected chi connectivity index (χ2v) is 12.2. The van der Waals surface area contributed by atoms with Gasteiger partial charge in [-0.3, -0.25) is 9.10 Å². The minimum Gasteiger partial charge on any atom is -0.494 e. The van der Waals surface area contributed by atoms with Crippen molar-refractivity contribution in [2.75, 3.05) is 43.4 Å². The number of sulfonamides is 2. The highest BCUT2D eigenvalue weighted by Crippen LogP contribution is 2.25. The number of amides is 1. The van der Waals surface area contributed by atoms with E-state index < -0.39 is 32.0 Å². The highest BCUT2D eigenvalue weighted by Gasteiger charge is 2.29. The first-order chi connectivity index (χ1) is 17.0. The van der Waals surface area contributed by atoms with Crippen LogP contribution in [0.1, 0.15) is 26.7 Å². The molecule has 2 aromatic rings. The number of carbonyl (C=O) groups excluding carboxylic acids is 1. The lowest BCUT2D eigenvalue weighted by Gasteiger charge is -2.28. The van der Waals surface area contributed by atoms with Crippen LogP contribution in [0.5, 0.6) is 11.5 Å². The zero-order valence-corrected chi connectivity index (χ0v) is 22.3. The van der Waals surface area contributed by atoms with Gasteiger partial charge >= 0.3 is 0 Å². The number of anilines is 1. The number of rotatable bonds is 12. The number of hydrogen-bond donors (Lipinski definition) is 1. The third kappa shape index (κ3) is 6.89. The molecule has 1 atom stereocenters. The summed E-state index contributed by atoms with van der Waals surface area (Å²) in [7, 11) is -7.23. The summed E-state index contributed by atoms with van der Waals surface area (Å²) in [6.07, 6.45) is 2.78. The standard InChI is InChI=1S/C24H33N3O7S2/c1-4-33-21-9-7-20(8-10-21)27(35(3,29)30)19(2)24(28)25-15-18-34-22-11-13-23(14-12-22)36(31,32)26-16-5-6-17-26/h7-14,19H,4-6,15-18H2,1-3H3,(H,25,28)/t19-/m1/s1. The minimum atomic E-state index is -3.74. The predicted molar refractivity (Wildman–Crippen MR) is 137 cm³/mol. The van der Waals surface area contributed by atoms with Gasteiger partial charge in [0, 0.05) is 13.1 Å². The Hall–Kier alpha value is -2.83. The third-order valence-electron chi connectivity index (χ3n) is 5.69. The SMILES string of the molecule is CCOc1ccc(N([C@H](C)C(=O)NCCOc2ccc(S(=O)(=O)N3CCCC3)cc2)S(C)(=O)=O)cc1. The average molecular weight is 540 g/mol. The molecular formula is C24H33N3O7S2. The quantitative estimate of drug-likeness (QED) is 0.411. The summed E-state index contributed by atoms with van der Waals surface area (Å²) in [5, 5.41) is 2.68. The van der Waals surface area contributed by atoms with Crippen molar-refractivity contribution in [3.63, 3.8) is 0 Å². The van der Waals surface area contributed by atoms with Gasteiger partial charge in [0.2, 0.25) is 26.0 Å². The summed E-state index contributed by atoms with van der Waals surface area (Å²) in [5.41, 5.74) is 0.351. The fraction of sp³-hybridized carbons (Fsp3) is 0.458. The molecular weight excluding hydrogens is 506 g/mol. The van der Waals surface area contributed by atoms with Crippen LogP contribution >= 0.6 is 0 Å². The van der Waals surface area contributed by atoms with E-state index >= 15 is 0 Å². The molecule has 2 aromatic carbocycles. The van der Waals surface area contributed by atoms with Crippen LogP contribution in [-0.4, -0.2) is 72.2 Å². The summed E-state index contributed by atoms with van der Waals surface area (Å²) in [4.78, 5) is 12.9. The Morgan fingerprint density at radius 1 is 0.972 bits per heavy atom. The summed E-state index contributed by atoms with van der Waals surface area (Å²) in [5.74, 6) is 0.584. The molecule has 198 valence electrons. The van der Waals surface area contributed by atoms with E-state index in [2.05, 4.69) is 5.32 Å². The second kappa shape index (κ2) is 11.9. The highest BCUT2D eigenvalue weighted by atomic mass is 32.2. The van der Waals surface area contributed by atoms with Crippen LogP contribution in [-0.2, 0) is 24.8 Å². The molecule has 0 unspecified atom stereocenters. The minimum absolute atomic E-state index is 0.124. The highest BCUT2D eigenvalue weighted by molar-refractivity contribution is 7.92. The van der Waals surface area contributed by atoms with Crippen molar-refractivity contribution in [1.82, 2.24) is 9.62 Å². The maximum absolute atomic E-state index is 12.7. The van der Waals surface area contributed by atoms with E-state index in [1.54, 1.807) is 36.4 Å². The van der Waals surface area contributed by atoms with Crippen LogP contribution < -0.4 is 19.1 Å². The maximum atomic E-state index is 12.7. The Labute approximate surface area is 213 Å². The Bertz CT molecular complexity index is 1230. The van der Waals surface area contributed by atoms with E-state index in [1.807, 2.05) is 6.92 Å². The molecule has 12 heteroatoms. The Kier molecular flexibility index (Phi) is 9.20. The van der Waals surface area contributed by atoms with Gasteiger partial charge in [0.15, 0.2) is 0 Å². The number of ether oxygens (including phenoxy) is 2. The number of nitrogens with zero attached hydrogens (tertiary/aromatic N) is 2. The topological polar surface area (TPSA) is 122 Å². The first-order valence-corrected chi connectivity index (χ1v) is 15.1. The van der Waals surface area contributed by atoms with Gasteiger partial charge in [0.05, 0.1) is 30.0 Å². The van der Waals surface area contributed by atoms with Gasteiger partial charge in [-0.15, -0.1) is 0 Å². The summed E-state index contributed by atoms with van der Waals surface area (Å²) in [6, 6.07) is 11.6. The lowest BCUT2D eigenvalue weighted by molar-refractivity contribution is -0.121. The zero-order valence-electron chi connectivity index (χ0n) is 20.7. The summed E-state index contributed by atoms with van der Waals surface area (Å²) < 4.78 is 63.6. The van der Waals surface area contributed by atoms with Crippen molar-refractivity contribution in [1.29, 1.82) is 0 Å².